The van der Waals surface area contributed by atoms with Gasteiger partial charge in [-0.25, -0.2) is 8.42 Å². The summed E-state index contributed by atoms with van der Waals surface area (Å²) < 4.78 is 28.0. The summed E-state index contributed by atoms with van der Waals surface area (Å²) in [5.74, 6) is -0.140. The van der Waals surface area contributed by atoms with Crippen molar-refractivity contribution in [1.82, 2.24) is 0 Å². The minimum atomic E-state index is -3.23. The number of carbonyl (C=O) groups excluding carboxylic acids is 1. The topological polar surface area (TPSA) is 80.7 Å². The van der Waals surface area contributed by atoms with Crippen molar-refractivity contribution in [3.05, 3.63) is 58.1 Å². The van der Waals surface area contributed by atoms with Crippen molar-refractivity contribution in [2.24, 2.45) is 0 Å². The van der Waals surface area contributed by atoms with Crippen LogP contribution in [-0.2, 0) is 27.5 Å². The molecule has 2 aromatic rings. The summed E-state index contributed by atoms with van der Waals surface area (Å²) in [6.07, 6.45) is 1.85. The Morgan fingerprint density at radius 2 is 1.96 bits per heavy atom. The van der Waals surface area contributed by atoms with Gasteiger partial charge in [0.15, 0.2) is 15.6 Å². The maximum atomic E-state index is 12.5. The number of fused-ring (bicyclic) bond motifs is 1. The fourth-order valence-electron chi connectivity index (χ4n) is 2.75. The highest BCUT2D eigenvalue weighted by Crippen LogP contribution is 2.23. The first-order chi connectivity index (χ1) is 11.8. The van der Waals surface area contributed by atoms with E-state index in [0.717, 1.165) is 17.4 Å². The van der Waals surface area contributed by atoms with Gasteiger partial charge in [-0.1, -0.05) is 23.7 Å². The van der Waals surface area contributed by atoms with E-state index < -0.39 is 17.0 Å². The lowest BCUT2D eigenvalue weighted by molar-refractivity contribution is 0.0983. The second-order valence-electron chi connectivity index (χ2n) is 6.03. The van der Waals surface area contributed by atoms with Crippen molar-refractivity contribution in [2.45, 2.75) is 24.3 Å². The molecule has 1 heterocycles. The Morgan fingerprint density at radius 3 is 2.60 bits per heavy atom. The third-order valence-electron chi connectivity index (χ3n) is 4.18. The Morgan fingerprint density at radius 1 is 1.28 bits per heavy atom. The summed E-state index contributed by atoms with van der Waals surface area (Å²) >= 11 is 6.18. The van der Waals surface area contributed by atoms with Gasteiger partial charge in [-0.15, -0.1) is 0 Å². The van der Waals surface area contributed by atoms with Crippen LogP contribution in [0.2, 0.25) is 5.02 Å². The fourth-order valence-corrected chi connectivity index (χ4v) is 3.68. The molecular weight excluding hydrogens is 363 g/mol. The van der Waals surface area contributed by atoms with Crippen LogP contribution in [0.15, 0.2) is 41.3 Å². The molecule has 1 aliphatic rings. The summed E-state index contributed by atoms with van der Waals surface area (Å²) in [5.41, 5.74) is 2.58. The second kappa shape index (κ2) is 6.92. The molecule has 5 nitrogen and oxygen atoms in total. The van der Waals surface area contributed by atoms with Crippen LogP contribution in [0.5, 0.6) is 0 Å². The van der Waals surface area contributed by atoms with Gasteiger partial charge in [0.25, 0.3) is 0 Å². The SMILES string of the molecule is CS(=O)(=O)c1ccc(CCC(=O)c2cc3c(cc2Cl)COB3O)cc1. The van der Waals surface area contributed by atoms with E-state index in [1.807, 2.05) is 0 Å². The normalized spacial score (nSPS) is 13.8. The van der Waals surface area contributed by atoms with E-state index in [-0.39, 0.29) is 23.7 Å². The maximum Gasteiger partial charge on any atom is 0.491 e. The zero-order valence-electron chi connectivity index (χ0n) is 13.5. The Labute approximate surface area is 151 Å². The second-order valence-corrected chi connectivity index (χ2v) is 8.46. The standard InChI is InChI=1S/C17H16BClO5S/c1-25(22,23)13-5-2-11(3-6-13)4-7-17(20)14-9-15-12(8-16(14)19)10-24-18(15)21/h2-3,5-6,8-9,21H,4,7,10H2,1H3. The number of ketones is 1. The van der Waals surface area contributed by atoms with E-state index in [2.05, 4.69) is 0 Å². The molecule has 130 valence electrons. The number of halogens is 1. The van der Waals surface area contributed by atoms with Crippen LogP contribution in [-0.4, -0.2) is 32.6 Å². The van der Waals surface area contributed by atoms with Gasteiger partial charge >= 0.3 is 7.12 Å². The lowest BCUT2D eigenvalue weighted by Crippen LogP contribution is -2.29. The number of rotatable bonds is 5. The van der Waals surface area contributed by atoms with Gasteiger partial charge in [0.2, 0.25) is 0 Å². The number of carbonyl (C=O) groups is 1. The minimum Gasteiger partial charge on any atom is -0.423 e. The number of benzene rings is 2. The number of aryl methyl sites for hydroxylation is 1. The first-order valence-corrected chi connectivity index (χ1v) is 9.97. The zero-order chi connectivity index (χ0) is 18.2. The lowest BCUT2D eigenvalue weighted by Gasteiger charge is -2.08. The summed E-state index contributed by atoms with van der Waals surface area (Å²) in [7, 11) is -4.26. The Balaban J connectivity index is 1.72. The molecule has 0 atom stereocenters. The molecule has 0 spiro atoms. The van der Waals surface area contributed by atoms with E-state index in [1.54, 1.807) is 24.3 Å². The third kappa shape index (κ3) is 3.95. The van der Waals surface area contributed by atoms with Crippen molar-refractivity contribution >= 4 is 39.8 Å². The van der Waals surface area contributed by atoms with Gasteiger partial charge < -0.3 is 9.68 Å². The molecular formula is C17H16BClO5S. The molecule has 0 aliphatic carbocycles. The smallest absolute Gasteiger partial charge is 0.423 e. The average molecular weight is 379 g/mol. The average Bonchev–Trinajstić information content (AvgIpc) is 2.91. The fraction of sp³-hybridized carbons (Fsp3) is 0.235. The molecule has 1 N–H and O–H groups in total. The maximum absolute atomic E-state index is 12.5. The minimum absolute atomic E-state index is 0.140. The quantitative estimate of drug-likeness (QED) is 0.633. The molecule has 3 rings (SSSR count). The van der Waals surface area contributed by atoms with Crippen molar-refractivity contribution in [1.29, 1.82) is 0 Å². The van der Waals surface area contributed by atoms with E-state index >= 15 is 0 Å². The van der Waals surface area contributed by atoms with E-state index in [0.29, 0.717) is 22.5 Å². The monoisotopic (exact) mass is 378 g/mol. The van der Waals surface area contributed by atoms with Crippen molar-refractivity contribution in [3.8, 4) is 0 Å². The van der Waals surface area contributed by atoms with Crippen LogP contribution < -0.4 is 5.46 Å². The number of hydrogen-bond acceptors (Lipinski definition) is 5. The summed E-state index contributed by atoms with van der Waals surface area (Å²) in [4.78, 5) is 12.7. The number of sulfone groups is 1. The predicted molar refractivity (Wildman–Crippen MR) is 96.1 cm³/mol. The van der Waals surface area contributed by atoms with Crippen LogP contribution in [0, 0.1) is 0 Å². The third-order valence-corrected chi connectivity index (χ3v) is 5.63. The highest BCUT2D eigenvalue weighted by atomic mass is 35.5. The molecule has 0 radical (unpaired) electrons. The molecule has 0 saturated carbocycles. The molecule has 0 unspecified atom stereocenters. The van der Waals surface area contributed by atoms with Gasteiger partial charge in [-0.2, -0.15) is 0 Å². The first-order valence-electron chi connectivity index (χ1n) is 7.70. The first kappa shape index (κ1) is 18.1. The Bertz CT molecular complexity index is 925. The largest absolute Gasteiger partial charge is 0.491 e. The summed E-state index contributed by atoms with van der Waals surface area (Å²) in [6.45, 7) is 0.275. The number of Topliss-reactive ketones (excluding diaryl/α,β-unsaturated/α-hetero) is 1. The highest BCUT2D eigenvalue weighted by Gasteiger charge is 2.29. The van der Waals surface area contributed by atoms with Crippen molar-refractivity contribution in [3.63, 3.8) is 0 Å². The predicted octanol–water partition coefficient (Wildman–Crippen LogP) is 1.78. The molecule has 0 amide bonds. The molecule has 0 saturated heterocycles. The Hall–Kier alpha value is -1.67. The summed E-state index contributed by atoms with van der Waals surface area (Å²) in [5, 5.41) is 10.1. The molecule has 0 aromatic heterocycles. The summed E-state index contributed by atoms with van der Waals surface area (Å²) in [6, 6.07) is 9.71. The van der Waals surface area contributed by atoms with E-state index in [9.17, 15) is 18.2 Å². The van der Waals surface area contributed by atoms with Gasteiger partial charge in [0.1, 0.15) is 0 Å². The zero-order valence-corrected chi connectivity index (χ0v) is 15.1. The van der Waals surface area contributed by atoms with Gasteiger partial charge in [0, 0.05) is 18.2 Å². The lowest BCUT2D eigenvalue weighted by atomic mass is 9.78. The Kier molecular flexibility index (Phi) is 5.02. The molecule has 2 aromatic carbocycles. The van der Waals surface area contributed by atoms with Crippen LogP contribution in [0.4, 0.5) is 0 Å². The van der Waals surface area contributed by atoms with E-state index in [1.165, 1.54) is 12.1 Å². The molecule has 25 heavy (non-hydrogen) atoms. The molecule has 0 fully saturated rings. The molecule has 8 heteroatoms. The van der Waals surface area contributed by atoms with E-state index in [4.69, 9.17) is 16.3 Å². The molecule has 1 aliphatic heterocycles. The van der Waals surface area contributed by atoms with Crippen LogP contribution in [0.3, 0.4) is 0 Å². The van der Waals surface area contributed by atoms with Crippen molar-refractivity contribution < 1.29 is 22.9 Å². The number of hydrogen-bond donors (Lipinski definition) is 1. The van der Waals surface area contributed by atoms with Gasteiger partial charge in [0.05, 0.1) is 16.5 Å². The van der Waals surface area contributed by atoms with Crippen molar-refractivity contribution in [2.75, 3.05) is 6.26 Å². The molecule has 0 bridgehead atoms. The van der Waals surface area contributed by atoms with Gasteiger partial charge in [-0.3, -0.25) is 4.79 Å². The highest BCUT2D eigenvalue weighted by molar-refractivity contribution is 7.90. The van der Waals surface area contributed by atoms with Gasteiger partial charge in [-0.05, 0) is 47.3 Å². The van der Waals surface area contributed by atoms with Crippen LogP contribution >= 0.6 is 11.6 Å². The van der Waals surface area contributed by atoms with Crippen LogP contribution in [0.1, 0.15) is 27.9 Å². The van der Waals surface area contributed by atoms with Crippen LogP contribution in [0.25, 0.3) is 0 Å².